The van der Waals surface area contributed by atoms with Crippen molar-refractivity contribution in [1.29, 1.82) is 0 Å². The van der Waals surface area contributed by atoms with E-state index >= 15 is 0 Å². The molecule has 0 saturated heterocycles. The maximum absolute atomic E-state index is 14.6. The van der Waals surface area contributed by atoms with Crippen molar-refractivity contribution in [3.8, 4) is 33.8 Å². The lowest BCUT2D eigenvalue weighted by Gasteiger charge is -2.32. The normalized spacial score (nSPS) is 17.3. The van der Waals surface area contributed by atoms with Gasteiger partial charge in [0.25, 0.3) is 5.91 Å². The number of phenolic OH excluding ortho intramolecular Hbond substituents is 2. The fourth-order valence-corrected chi connectivity index (χ4v) is 7.39. The minimum Gasteiger partial charge on any atom is -0.507 e. The van der Waals surface area contributed by atoms with Gasteiger partial charge in [-0.1, -0.05) is 53.2 Å². The van der Waals surface area contributed by atoms with Gasteiger partial charge in [0.1, 0.15) is 35.7 Å². The minimum atomic E-state index is -1.45. The SMILES string of the molecule is C[C@@H]1NC(=O)[C@@H](N(C)C(=O)[C@H](CCCCN)NC(=O)c2ccc(-c3ccc(Cl)cc3)cc2)c2ccc(O)c(c2)-c2cc(ccc2O)C[C@@H](C(=O)N[C@@H](C)C(=O)c2c[nH]nn2)NC1=O. The van der Waals surface area contributed by atoms with Crippen molar-refractivity contribution >= 4 is 46.9 Å². The number of hydrogen-bond acceptors (Lipinski definition) is 11. The van der Waals surface area contributed by atoms with Crippen LogP contribution in [0.2, 0.25) is 5.02 Å². The predicted octanol–water partition coefficient (Wildman–Crippen LogP) is 3.56. The summed E-state index contributed by atoms with van der Waals surface area (Å²) in [4.78, 5) is 84.3. The van der Waals surface area contributed by atoms with Gasteiger partial charge in [0.05, 0.1) is 12.2 Å². The summed E-state index contributed by atoms with van der Waals surface area (Å²) in [6, 6.07) is 16.5. The van der Waals surface area contributed by atoms with E-state index < -0.39 is 65.5 Å². The highest BCUT2D eigenvalue weighted by Crippen LogP contribution is 2.39. The van der Waals surface area contributed by atoms with Gasteiger partial charge in [-0.2, -0.15) is 0 Å². The third-order valence-corrected chi connectivity index (χ3v) is 11.0. The van der Waals surface area contributed by atoms with Crippen LogP contribution in [0.3, 0.4) is 0 Å². The number of carbonyl (C=O) groups excluding carboxylic acids is 6. The lowest BCUT2D eigenvalue weighted by molar-refractivity contribution is -0.141. The molecule has 4 aromatic carbocycles. The van der Waals surface area contributed by atoms with Crippen molar-refractivity contribution in [3.05, 3.63) is 119 Å². The number of unbranched alkanes of at least 4 members (excludes halogenated alkanes) is 1. The topological polar surface area (TPSA) is 262 Å². The van der Waals surface area contributed by atoms with Crippen LogP contribution in [0, 0.1) is 0 Å². The highest BCUT2D eigenvalue weighted by atomic mass is 35.5. The molecule has 2 heterocycles. The number of rotatable bonds is 13. The summed E-state index contributed by atoms with van der Waals surface area (Å²) in [5, 5.41) is 43.2. The molecular formula is C45H48ClN9O8. The molecule has 4 bridgehead atoms. The predicted molar refractivity (Wildman–Crippen MR) is 233 cm³/mol. The van der Waals surface area contributed by atoms with Crippen LogP contribution < -0.4 is 27.0 Å². The van der Waals surface area contributed by atoms with Crippen LogP contribution in [0.1, 0.15) is 71.1 Å². The third kappa shape index (κ3) is 10.9. The number of hydrogen-bond donors (Lipinski definition) is 8. The molecule has 0 aliphatic carbocycles. The fourth-order valence-electron chi connectivity index (χ4n) is 7.26. The maximum Gasteiger partial charge on any atom is 0.251 e. The van der Waals surface area contributed by atoms with Crippen molar-refractivity contribution < 1.29 is 39.0 Å². The first-order valence-electron chi connectivity index (χ1n) is 20.3. The molecule has 63 heavy (non-hydrogen) atoms. The average molecular weight is 878 g/mol. The highest BCUT2D eigenvalue weighted by molar-refractivity contribution is 6.30. The van der Waals surface area contributed by atoms with E-state index in [0.29, 0.717) is 30.0 Å². The Morgan fingerprint density at radius 2 is 1.52 bits per heavy atom. The quantitative estimate of drug-likeness (QED) is 0.0627. The Kier molecular flexibility index (Phi) is 14.5. The molecule has 1 aliphatic rings. The summed E-state index contributed by atoms with van der Waals surface area (Å²) in [5.41, 5.74) is 8.68. The largest absolute Gasteiger partial charge is 0.507 e. The summed E-state index contributed by atoms with van der Waals surface area (Å²) in [6.45, 7) is 3.19. The maximum atomic E-state index is 14.6. The van der Waals surface area contributed by atoms with Gasteiger partial charge in [-0.25, -0.2) is 0 Å². The van der Waals surface area contributed by atoms with E-state index in [9.17, 15) is 39.0 Å². The van der Waals surface area contributed by atoms with E-state index in [0.717, 1.165) is 16.0 Å². The zero-order valence-corrected chi connectivity index (χ0v) is 35.5. The number of nitrogens with zero attached hydrogens (tertiary/aromatic N) is 3. The molecule has 1 aromatic heterocycles. The van der Waals surface area contributed by atoms with Crippen LogP contribution in [0.5, 0.6) is 11.5 Å². The molecule has 0 unspecified atom stereocenters. The first kappa shape index (κ1) is 45.4. The zero-order chi connectivity index (χ0) is 45.4. The van der Waals surface area contributed by atoms with E-state index in [2.05, 4.69) is 36.7 Å². The second kappa shape index (κ2) is 20.2. The van der Waals surface area contributed by atoms with Crippen molar-refractivity contribution in [2.75, 3.05) is 13.6 Å². The van der Waals surface area contributed by atoms with Crippen LogP contribution in [-0.2, 0) is 25.6 Å². The summed E-state index contributed by atoms with van der Waals surface area (Å²) in [7, 11) is 1.38. The number of nitrogens with two attached hydrogens (primary N) is 1. The molecule has 18 heteroatoms. The molecule has 9 N–H and O–H groups in total. The lowest BCUT2D eigenvalue weighted by Crippen LogP contribution is -2.56. The Bertz CT molecular complexity index is 2480. The first-order chi connectivity index (χ1) is 30.1. The Balaban J connectivity index is 1.31. The van der Waals surface area contributed by atoms with Crippen LogP contribution in [0.15, 0.2) is 91.1 Å². The van der Waals surface area contributed by atoms with Crippen LogP contribution in [0.25, 0.3) is 22.3 Å². The zero-order valence-electron chi connectivity index (χ0n) is 34.7. The number of ketones is 1. The lowest BCUT2D eigenvalue weighted by atomic mass is 9.93. The fraction of sp³-hybridized carbons (Fsp3) is 0.289. The molecule has 0 spiro atoms. The van der Waals surface area contributed by atoms with Crippen molar-refractivity contribution in [1.82, 2.24) is 41.6 Å². The van der Waals surface area contributed by atoms with E-state index in [-0.39, 0.29) is 52.3 Å². The van der Waals surface area contributed by atoms with Crippen LogP contribution >= 0.6 is 11.6 Å². The average Bonchev–Trinajstić information content (AvgIpc) is 3.82. The number of aromatic nitrogens is 3. The number of phenols is 2. The minimum absolute atomic E-state index is 0.0119. The molecule has 1 aliphatic heterocycles. The second-order valence-electron chi connectivity index (χ2n) is 15.3. The number of likely N-dealkylation sites (N-methyl/N-ethyl adjacent to an activating group) is 1. The monoisotopic (exact) mass is 877 g/mol. The number of nitrogens with one attached hydrogen (secondary N) is 5. The standard InChI is InChI=1S/C45H48ClN9O8/c1-24(40(58)36-23-48-54-53-36)49-43(61)35-21-26-7-17-37(56)32(20-26)33-22-30(14-18-38(33)57)39(44(62)50-25(2)41(59)52-35)55(3)45(63)34(6-4-5-19-47)51-42(60)29-10-8-27(9-11-29)28-12-15-31(46)16-13-28/h7-18,20,22-25,34-35,39,56-57H,4-6,19,21,47H2,1-3H3,(H,49,61)(H,50,62)(H,51,60)(H,52,59)(H,48,53,54)/t24-,25-,34-,35-,39-/m0/s1. The van der Waals surface area contributed by atoms with E-state index in [4.69, 9.17) is 17.3 Å². The van der Waals surface area contributed by atoms with Gasteiger partial charge >= 0.3 is 0 Å². The molecule has 6 rings (SSSR count). The van der Waals surface area contributed by atoms with Crippen molar-refractivity contribution in [2.24, 2.45) is 5.73 Å². The van der Waals surface area contributed by atoms with Gasteiger partial charge in [0, 0.05) is 35.2 Å². The van der Waals surface area contributed by atoms with Gasteiger partial charge < -0.3 is 42.1 Å². The summed E-state index contributed by atoms with van der Waals surface area (Å²) in [6.07, 6.45) is 2.35. The summed E-state index contributed by atoms with van der Waals surface area (Å²) >= 11 is 6.05. The number of benzene rings is 4. The van der Waals surface area contributed by atoms with Crippen LogP contribution in [0.4, 0.5) is 0 Å². The molecular weight excluding hydrogens is 830 g/mol. The molecule has 17 nitrogen and oxygen atoms in total. The number of fused-ring (bicyclic) bond motifs is 5. The molecule has 5 aromatic rings. The molecule has 5 atom stereocenters. The molecule has 0 fully saturated rings. The first-order valence-corrected chi connectivity index (χ1v) is 20.6. The molecule has 0 radical (unpaired) electrons. The smallest absolute Gasteiger partial charge is 0.251 e. The highest BCUT2D eigenvalue weighted by Gasteiger charge is 2.36. The second-order valence-corrected chi connectivity index (χ2v) is 15.8. The Hall–Kier alpha value is -7.11. The number of aromatic amines is 1. The van der Waals surface area contributed by atoms with E-state index in [1.807, 2.05) is 12.1 Å². The number of H-pyrrole nitrogens is 1. The van der Waals surface area contributed by atoms with Gasteiger partial charge in [-0.3, -0.25) is 33.9 Å². The number of amides is 5. The Morgan fingerprint density at radius 3 is 2.17 bits per heavy atom. The Labute approximate surface area is 367 Å². The molecule has 328 valence electrons. The van der Waals surface area contributed by atoms with Crippen LogP contribution in [-0.4, -0.2) is 104 Å². The Morgan fingerprint density at radius 1 is 0.873 bits per heavy atom. The molecule has 5 amide bonds. The van der Waals surface area contributed by atoms with Gasteiger partial charge in [-0.15, -0.1) is 5.10 Å². The van der Waals surface area contributed by atoms with Gasteiger partial charge in [-0.05, 0) is 110 Å². The summed E-state index contributed by atoms with van der Waals surface area (Å²) < 4.78 is 0. The molecule has 0 saturated carbocycles. The third-order valence-electron chi connectivity index (χ3n) is 10.8. The number of carbonyl (C=O) groups is 6. The number of halogens is 1. The number of aromatic hydroxyl groups is 2. The van der Waals surface area contributed by atoms with E-state index in [1.54, 1.807) is 36.4 Å². The van der Waals surface area contributed by atoms with Crippen molar-refractivity contribution in [2.45, 2.75) is 69.7 Å². The van der Waals surface area contributed by atoms with Gasteiger partial charge in [0.2, 0.25) is 29.4 Å². The van der Waals surface area contributed by atoms with Crippen molar-refractivity contribution in [3.63, 3.8) is 0 Å². The van der Waals surface area contributed by atoms with Gasteiger partial charge in [0.15, 0.2) is 5.69 Å². The van der Waals surface area contributed by atoms with E-state index in [1.165, 1.54) is 63.5 Å². The summed E-state index contributed by atoms with van der Waals surface area (Å²) in [5.74, 6) is -4.53. The number of Topliss-reactive ketones (excluding diaryl/α,β-unsaturated/α-hetero) is 1.